The van der Waals surface area contributed by atoms with Crippen LogP contribution in [0.2, 0.25) is 0 Å². The van der Waals surface area contributed by atoms with Crippen molar-refractivity contribution >= 4 is 40.3 Å². The fourth-order valence-electron chi connectivity index (χ4n) is 6.96. The standard InChI is InChI=1S/C41H38N4O5/c1-27(46)45-38-15-9-8-14-34(38)40(48)39(45)24-30-23-35(33-13-7-6-12-32(33)28-10-4-3-5-11-28)36-22-29(16-17-37(36)42-30)41(49)44-20-18-43(19-21-44)25-31(47)26-50-2/h3-17,22-24,31,47H,18-21,25-26H2,1-2H3/b39-24-. The van der Waals surface area contributed by atoms with Crippen molar-refractivity contribution in [2.45, 2.75) is 13.0 Å². The van der Waals surface area contributed by atoms with E-state index in [-0.39, 0.29) is 29.9 Å². The van der Waals surface area contributed by atoms with Crippen molar-refractivity contribution in [1.29, 1.82) is 0 Å². The Balaban J connectivity index is 1.31. The number of β-amino-alcohol motifs (C(OH)–C–C–N with tert-alkyl or cyclic N) is 1. The molecule has 50 heavy (non-hydrogen) atoms. The van der Waals surface area contributed by atoms with Gasteiger partial charge in [0.15, 0.2) is 0 Å². The number of allylic oxidation sites excluding steroid dienone is 1. The van der Waals surface area contributed by atoms with Crippen molar-refractivity contribution in [3.05, 3.63) is 126 Å². The third-order valence-electron chi connectivity index (χ3n) is 9.33. The van der Waals surface area contributed by atoms with E-state index < -0.39 is 6.10 Å². The number of piperazine rings is 1. The molecular formula is C41H38N4O5. The quantitative estimate of drug-likeness (QED) is 0.205. The number of pyridine rings is 1. The SMILES string of the molecule is COCC(O)CN1CCN(C(=O)c2ccc3nc(/C=C4/C(=O)c5ccccc5N4C(C)=O)cc(-c4ccccc4-c4ccccc4)c3c2)CC1. The number of aliphatic hydroxyl groups excluding tert-OH is 1. The molecule has 7 rings (SSSR count). The molecule has 0 saturated carbocycles. The third kappa shape index (κ3) is 6.46. The molecule has 2 aliphatic heterocycles. The van der Waals surface area contributed by atoms with Crippen LogP contribution in [0.5, 0.6) is 0 Å². The highest BCUT2D eigenvalue weighted by atomic mass is 16.5. The summed E-state index contributed by atoms with van der Waals surface area (Å²) in [6.45, 7) is 4.65. The number of anilines is 1. The number of para-hydroxylation sites is 1. The first-order valence-electron chi connectivity index (χ1n) is 16.8. The van der Waals surface area contributed by atoms with Gasteiger partial charge in [0.05, 0.1) is 35.3 Å². The van der Waals surface area contributed by atoms with Gasteiger partial charge in [-0.25, -0.2) is 4.98 Å². The first kappa shape index (κ1) is 33.0. The lowest BCUT2D eigenvalue weighted by Crippen LogP contribution is -2.50. The average Bonchev–Trinajstić information content (AvgIpc) is 3.42. The van der Waals surface area contributed by atoms with E-state index in [9.17, 15) is 19.5 Å². The van der Waals surface area contributed by atoms with Crippen molar-refractivity contribution in [3.8, 4) is 22.3 Å². The van der Waals surface area contributed by atoms with Crippen LogP contribution in [-0.2, 0) is 9.53 Å². The van der Waals surface area contributed by atoms with E-state index in [1.54, 1.807) is 37.5 Å². The van der Waals surface area contributed by atoms with Gasteiger partial charge in [0.25, 0.3) is 5.91 Å². The average molecular weight is 667 g/mol. The smallest absolute Gasteiger partial charge is 0.253 e. The van der Waals surface area contributed by atoms with Crippen molar-refractivity contribution in [2.75, 3.05) is 51.3 Å². The number of hydrogen-bond donors (Lipinski definition) is 1. The number of aliphatic hydroxyl groups is 1. The van der Waals surface area contributed by atoms with Crippen LogP contribution in [0.15, 0.2) is 109 Å². The predicted molar refractivity (Wildman–Crippen MR) is 195 cm³/mol. The molecule has 1 saturated heterocycles. The number of ether oxygens (including phenoxy) is 1. The van der Waals surface area contributed by atoms with Gasteiger partial charge in [-0.15, -0.1) is 0 Å². The van der Waals surface area contributed by atoms with E-state index >= 15 is 0 Å². The molecule has 0 aliphatic carbocycles. The van der Waals surface area contributed by atoms with Crippen molar-refractivity contribution in [2.24, 2.45) is 0 Å². The number of carbonyl (C=O) groups excluding carboxylic acids is 3. The second-order valence-electron chi connectivity index (χ2n) is 12.7. The van der Waals surface area contributed by atoms with Crippen molar-refractivity contribution in [3.63, 3.8) is 0 Å². The van der Waals surface area contributed by atoms with Crippen molar-refractivity contribution in [1.82, 2.24) is 14.8 Å². The van der Waals surface area contributed by atoms with E-state index in [4.69, 9.17) is 9.72 Å². The van der Waals surface area contributed by atoms with Crippen LogP contribution in [0.25, 0.3) is 39.2 Å². The minimum absolute atomic E-state index is 0.0658. The minimum Gasteiger partial charge on any atom is -0.389 e. The van der Waals surface area contributed by atoms with Crippen LogP contribution < -0.4 is 4.90 Å². The van der Waals surface area contributed by atoms with Gasteiger partial charge in [-0.05, 0) is 64.7 Å². The Morgan fingerprint density at radius 2 is 1.52 bits per heavy atom. The maximum absolute atomic E-state index is 13.9. The van der Waals surface area contributed by atoms with Gasteiger partial charge in [0, 0.05) is 63.3 Å². The number of rotatable bonds is 8. The molecule has 1 N–H and O–H groups in total. The topological polar surface area (TPSA) is 103 Å². The molecular weight excluding hydrogens is 628 g/mol. The molecule has 1 unspecified atom stereocenters. The van der Waals surface area contributed by atoms with E-state index in [1.165, 1.54) is 11.8 Å². The Labute approximate surface area is 291 Å². The van der Waals surface area contributed by atoms with E-state index in [0.29, 0.717) is 60.7 Å². The molecule has 252 valence electrons. The van der Waals surface area contributed by atoms with Crippen LogP contribution in [0.3, 0.4) is 0 Å². The number of methoxy groups -OCH3 is 1. The summed E-state index contributed by atoms with van der Waals surface area (Å²) in [6.07, 6.45) is 1.11. The van der Waals surface area contributed by atoms with Gasteiger partial charge in [-0.3, -0.25) is 24.2 Å². The lowest BCUT2D eigenvalue weighted by atomic mass is 9.91. The molecule has 1 aromatic heterocycles. The summed E-state index contributed by atoms with van der Waals surface area (Å²) < 4.78 is 5.06. The fourth-order valence-corrected chi connectivity index (χ4v) is 6.96. The molecule has 9 heteroatoms. The molecule has 0 spiro atoms. The minimum atomic E-state index is -0.569. The zero-order valence-corrected chi connectivity index (χ0v) is 28.1. The molecule has 4 aromatic carbocycles. The lowest BCUT2D eigenvalue weighted by Gasteiger charge is -2.35. The number of benzene rings is 4. The number of fused-ring (bicyclic) bond motifs is 2. The normalized spacial score (nSPS) is 16.2. The molecule has 3 heterocycles. The Kier molecular flexibility index (Phi) is 9.36. The first-order valence-corrected chi connectivity index (χ1v) is 16.8. The zero-order valence-electron chi connectivity index (χ0n) is 28.1. The highest BCUT2D eigenvalue weighted by Gasteiger charge is 2.34. The van der Waals surface area contributed by atoms with Crippen LogP contribution in [0.1, 0.15) is 33.3 Å². The van der Waals surface area contributed by atoms with E-state index in [1.807, 2.05) is 59.5 Å². The number of ketones is 1. The summed E-state index contributed by atoms with van der Waals surface area (Å²) in [6, 6.07) is 32.8. The summed E-state index contributed by atoms with van der Waals surface area (Å²) in [5.41, 5.74) is 6.85. The molecule has 2 amide bonds. The number of nitrogens with zero attached hydrogens (tertiary/aromatic N) is 4. The monoisotopic (exact) mass is 666 g/mol. The van der Waals surface area contributed by atoms with Gasteiger partial charge in [0.1, 0.15) is 0 Å². The molecule has 2 aliphatic rings. The Morgan fingerprint density at radius 1 is 0.840 bits per heavy atom. The third-order valence-corrected chi connectivity index (χ3v) is 9.33. The molecule has 1 fully saturated rings. The summed E-state index contributed by atoms with van der Waals surface area (Å²) in [4.78, 5) is 50.7. The summed E-state index contributed by atoms with van der Waals surface area (Å²) in [5.74, 6) is -0.567. The maximum Gasteiger partial charge on any atom is 0.253 e. The van der Waals surface area contributed by atoms with Crippen LogP contribution in [0.4, 0.5) is 5.69 Å². The Morgan fingerprint density at radius 3 is 2.24 bits per heavy atom. The number of Topliss-reactive ketones (excluding diaryl/α,β-unsaturated/α-hetero) is 1. The molecule has 1 atom stereocenters. The van der Waals surface area contributed by atoms with Gasteiger partial charge >= 0.3 is 0 Å². The molecule has 0 radical (unpaired) electrons. The molecule has 5 aromatic rings. The number of amides is 2. The summed E-state index contributed by atoms with van der Waals surface area (Å²) in [5, 5.41) is 11.0. The summed E-state index contributed by atoms with van der Waals surface area (Å²) in [7, 11) is 1.57. The maximum atomic E-state index is 13.9. The van der Waals surface area contributed by atoms with Crippen LogP contribution in [-0.4, -0.2) is 90.0 Å². The Bertz CT molecular complexity index is 2120. The zero-order chi connectivity index (χ0) is 34.8. The largest absolute Gasteiger partial charge is 0.389 e. The Hall–Kier alpha value is -5.48. The van der Waals surface area contributed by atoms with Gasteiger partial charge in [-0.2, -0.15) is 0 Å². The fraction of sp³-hybridized carbons (Fsp3) is 0.220. The van der Waals surface area contributed by atoms with Crippen LogP contribution in [0, 0.1) is 0 Å². The number of carbonyl (C=O) groups is 3. The van der Waals surface area contributed by atoms with Gasteiger partial charge in [-0.1, -0.05) is 66.7 Å². The van der Waals surface area contributed by atoms with Crippen molar-refractivity contribution < 1.29 is 24.2 Å². The predicted octanol–water partition coefficient (Wildman–Crippen LogP) is 5.92. The molecule has 0 bridgehead atoms. The van der Waals surface area contributed by atoms with Gasteiger partial charge < -0.3 is 14.7 Å². The summed E-state index contributed by atoms with van der Waals surface area (Å²) >= 11 is 0. The highest BCUT2D eigenvalue weighted by Crippen LogP contribution is 2.39. The molecule has 9 nitrogen and oxygen atoms in total. The lowest BCUT2D eigenvalue weighted by molar-refractivity contribution is -0.116. The second kappa shape index (κ2) is 14.2. The first-order chi connectivity index (χ1) is 24.3. The van der Waals surface area contributed by atoms with Crippen LogP contribution >= 0.6 is 0 Å². The second-order valence-corrected chi connectivity index (χ2v) is 12.7. The highest BCUT2D eigenvalue weighted by molar-refractivity contribution is 6.26. The number of hydrogen-bond acceptors (Lipinski definition) is 7. The number of aromatic nitrogens is 1. The van der Waals surface area contributed by atoms with Gasteiger partial charge in [0.2, 0.25) is 11.7 Å². The van der Waals surface area contributed by atoms with E-state index in [2.05, 4.69) is 29.2 Å². The van der Waals surface area contributed by atoms with E-state index in [0.717, 1.165) is 27.6 Å².